The van der Waals surface area contributed by atoms with Crippen LogP contribution in [0.4, 0.5) is 0 Å². The number of aliphatic carboxylic acids is 1. The minimum Gasteiger partial charge on any atom is -0.616 e. The molecule has 0 saturated carbocycles. The Morgan fingerprint density at radius 1 is 1.55 bits per heavy atom. The molecule has 122 valence electrons. The Kier molecular flexibility index (Phi) is 4.78. The number of carbonyl (C=O) groups excluding carboxylic acids is 2. The van der Waals surface area contributed by atoms with Gasteiger partial charge in [-0.25, -0.2) is 4.79 Å². The van der Waals surface area contributed by atoms with Crippen LogP contribution in [0, 0.1) is 5.92 Å². The van der Waals surface area contributed by atoms with Gasteiger partial charge in [-0.3, -0.25) is 9.59 Å². The van der Waals surface area contributed by atoms with Gasteiger partial charge in [-0.2, -0.15) is 0 Å². The van der Waals surface area contributed by atoms with Gasteiger partial charge >= 0.3 is 5.97 Å². The highest BCUT2D eigenvalue weighted by Gasteiger charge is 2.57. The molecule has 4 N–H and O–H groups in total. The summed E-state index contributed by atoms with van der Waals surface area (Å²) < 4.78 is 11.9. The molecule has 0 aromatic rings. The molecule has 0 radical (unpaired) electrons. The van der Waals surface area contributed by atoms with Gasteiger partial charge in [-0.05, 0) is 24.5 Å². The first-order chi connectivity index (χ1) is 10.2. The summed E-state index contributed by atoms with van der Waals surface area (Å²) in [6, 6.07) is -0.387. The number of rotatable bonds is 7. The van der Waals surface area contributed by atoms with E-state index in [2.05, 4.69) is 0 Å². The van der Waals surface area contributed by atoms with E-state index < -0.39 is 41.0 Å². The van der Waals surface area contributed by atoms with Gasteiger partial charge in [0.15, 0.2) is 0 Å². The van der Waals surface area contributed by atoms with Crippen molar-refractivity contribution in [2.75, 3.05) is 11.5 Å². The molecule has 1 saturated heterocycles. The number of hydrogen-bond donors (Lipinski definition) is 3. The molecule has 2 aliphatic heterocycles. The molecule has 0 bridgehead atoms. The summed E-state index contributed by atoms with van der Waals surface area (Å²) in [7, 11) is 0. The molecule has 4 unspecified atom stereocenters. The number of fused-ring (bicyclic) bond motifs is 1. The molecule has 9 heteroatoms. The van der Waals surface area contributed by atoms with Gasteiger partial charge < -0.3 is 25.4 Å². The number of primary amides is 1. The van der Waals surface area contributed by atoms with Crippen molar-refractivity contribution < 1.29 is 29.1 Å². The van der Waals surface area contributed by atoms with Crippen molar-refractivity contribution in [3.05, 3.63) is 11.3 Å². The average Bonchev–Trinajstić information content (AvgIpc) is 2.70. The van der Waals surface area contributed by atoms with Gasteiger partial charge in [0.05, 0.1) is 24.5 Å². The van der Waals surface area contributed by atoms with Crippen LogP contribution in [0.3, 0.4) is 0 Å². The van der Waals surface area contributed by atoms with Gasteiger partial charge in [0.1, 0.15) is 17.2 Å². The number of aliphatic hydroxyl groups excluding tert-OH is 1. The van der Waals surface area contributed by atoms with Crippen LogP contribution in [0.2, 0.25) is 0 Å². The van der Waals surface area contributed by atoms with Crippen molar-refractivity contribution in [3.63, 3.8) is 0 Å². The Morgan fingerprint density at radius 3 is 2.68 bits per heavy atom. The number of nitrogens with two attached hydrogens (primary N) is 1. The first kappa shape index (κ1) is 16.8. The van der Waals surface area contributed by atoms with E-state index >= 15 is 0 Å². The summed E-state index contributed by atoms with van der Waals surface area (Å²) in [4.78, 5) is 35.2. The number of nitrogens with zero attached hydrogens (tertiary/aromatic N) is 1. The van der Waals surface area contributed by atoms with E-state index in [9.17, 15) is 29.1 Å². The standard InChI is InChI=1S/C13H18N2O6S/c1-6(16)10-8-4-7(5-22(21)3-2-9(14)17)11(13(19)20)15(8)12(10)18/h6,8,10,16H,2-5H2,1H3,(H2,14,17)(H,19,20). The highest BCUT2D eigenvalue weighted by Crippen LogP contribution is 2.43. The summed E-state index contributed by atoms with van der Waals surface area (Å²) in [6.07, 6.45) is -0.612. The maximum Gasteiger partial charge on any atom is 0.352 e. The zero-order chi connectivity index (χ0) is 16.6. The highest BCUT2D eigenvalue weighted by molar-refractivity contribution is 7.91. The lowest BCUT2D eigenvalue weighted by atomic mass is 9.83. The van der Waals surface area contributed by atoms with E-state index in [1.54, 1.807) is 0 Å². The van der Waals surface area contributed by atoms with E-state index in [1.807, 2.05) is 0 Å². The second-order valence-corrected chi connectivity index (χ2v) is 7.08. The highest BCUT2D eigenvalue weighted by atomic mass is 32.2. The summed E-state index contributed by atoms with van der Waals surface area (Å²) >= 11 is -1.43. The molecular formula is C13H18N2O6S. The average molecular weight is 330 g/mol. The lowest BCUT2D eigenvalue weighted by Crippen LogP contribution is -2.61. The molecule has 0 spiro atoms. The number of hydrogen-bond acceptors (Lipinski definition) is 5. The van der Waals surface area contributed by atoms with Crippen LogP contribution in [-0.4, -0.2) is 61.1 Å². The van der Waals surface area contributed by atoms with Crippen molar-refractivity contribution in [3.8, 4) is 0 Å². The maximum atomic E-state index is 12.0. The molecular weight excluding hydrogens is 312 g/mol. The zero-order valence-corrected chi connectivity index (χ0v) is 12.8. The smallest absolute Gasteiger partial charge is 0.352 e. The molecule has 1 fully saturated rings. The second kappa shape index (κ2) is 6.27. The van der Waals surface area contributed by atoms with E-state index in [0.717, 1.165) is 0 Å². The molecule has 2 rings (SSSR count). The van der Waals surface area contributed by atoms with E-state index in [4.69, 9.17) is 5.73 Å². The Labute approximate surface area is 130 Å². The minimum absolute atomic E-state index is 0.0122. The fourth-order valence-corrected chi connectivity index (χ4v) is 4.19. The summed E-state index contributed by atoms with van der Waals surface area (Å²) in [5.74, 6) is -2.81. The quantitative estimate of drug-likeness (QED) is 0.385. The van der Waals surface area contributed by atoms with Gasteiger partial charge in [0.2, 0.25) is 11.8 Å². The topological polar surface area (TPSA) is 144 Å². The molecule has 0 aromatic heterocycles. The third-order valence-electron chi connectivity index (χ3n) is 3.93. The van der Waals surface area contributed by atoms with E-state index in [-0.39, 0.29) is 36.1 Å². The molecule has 2 amide bonds. The lowest BCUT2D eigenvalue weighted by Gasteiger charge is -2.44. The Balaban J connectivity index is 2.11. The van der Waals surface area contributed by atoms with Crippen LogP contribution in [0.1, 0.15) is 19.8 Å². The first-order valence-electron chi connectivity index (χ1n) is 6.83. The summed E-state index contributed by atoms with van der Waals surface area (Å²) in [5, 5.41) is 18.9. The SMILES string of the molecule is CC(O)C1C(=O)N2C(C(=O)O)=C(C[S+]([O-])CCC(N)=O)CC12. The number of carboxylic acids is 1. The molecule has 4 atom stereocenters. The minimum atomic E-state index is -1.43. The van der Waals surface area contributed by atoms with Crippen molar-refractivity contribution in [2.24, 2.45) is 11.7 Å². The number of carbonyl (C=O) groups is 3. The number of amides is 2. The Morgan fingerprint density at radius 2 is 2.18 bits per heavy atom. The lowest BCUT2D eigenvalue weighted by molar-refractivity contribution is -0.161. The van der Waals surface area contributed by atoms with Crippen molar-refractivity contribution in [1.29, 1.82) is 0 Å². The third-order valence-corrected chi connectivity index (χ3v) is 5.26. The number of aliphatic hydroxyl groups is 1. The fraction of sp³-hybridized carbons (Fsp3) is 0.615. The first-order valence-corrected chi connectivity index (χ1v) is 8.32. The van der Waals surface area contributed by atoms with Crippen LogP contribution >= 0.6 is 0 Å². The van der Waals surface area contributed by atoms with Gasteiger partial charge in [-0.15, -0.1) is 0 Å². The molecule has 2 aliphatic rings. The molecule has 8 nitrogen and oxygen atoms in total. The summed E-state index contributed by atoms with van der Waals surface area (Å²) in [6.45, 7) is 1.49. The number of β-lactam (4-membered cyclic amide) rings is 1. The predicted octanol–water partition coefficient (Wildman–Crippen LogP) is -1.44. The monoisotopic (exact) mass is 330 g/mol. The van der Waals surface area contributed by atoms with Crippen LogP contribution in [0.25, 0.3) is 0 Å². The number of carboxylic acid groups (broad SMARTS) is 1. The maximum absolute atomic E-state index is 12.0. The summed E-state index contributed by atoms with van der Waals surface area (Å²) in [5.41, 5.74) is 5.26. The molecule has 0 aromatic carbocycles. The van der Waals surface area contributed by atoms with E-state index in [0.29, 0.717) is 5.57 Å². The van der Waals surface area contributed by atoms with Crippen LogP contribution < -0.4 is 5.73 Å². The van der Waals surface area contributed by atoms with Crippen molar-refractivity contribution >= 4 is 29.0 Å². The van der Waals surface area contributed by atoms with Crippen molar-refractivity contribution in [1.82, 2.24) is 4.90 Å². The second-order valence-electron chi connectivity index (χ2n) is 5.51. The largest absolute Gasteiger partial charge is 0.616 e. The Hall–Kier alpha value is -1.58. The fourth-order valence-electron chi connectivity index (χ4n) is 2.97. The van der Waals surface area contributed by atoms with Gasteiger partial charge in [0, 0.05) is 5.57 Å². The van der Waals surface area contributed by atoms with Crippen LogP contribution in [0.15, 0.2) is 11.3 Å². The van der Waals surface area contributed by atoms with Gasteiger partial charge in [0.25, 0.3) is 0 Å². The Bertz CT molecular complexity index is 547. The molecule has 22 heavy (non-hydrogen) atoms. The van der Waals surface area contributed by atoms with Crippen LogP contribution in [-0.2, 0) is 25.6 Å². The van der Waals surface area contributed by atoms with E-state index in [1.165, 1.54) is 11.8 Å². The molecule has 0 aliphatic carbocycles. The van der Waals surface area contributed by atoms with Crippen molar-refractivity contribution in [2.45, 2.75) is 31.9 Å². The normalized spacial score (nSPS) is 26.5. The predicted molar refractivity (Wildman–Crippen MR) is 76.8 cm³/mol. The van der Waals surface area contributed by atoms with Crippen LogP contribution in [0.5, 0.6) is 0 Å². The van der Waals surface area contributed by atoms with Gasteiger partial charge in [-0.1, -0.05) is 0 Å². The third kappa shape index (κ3) is 2.96. The zero-order valence-electron chi connectivity index (χ0n) is 12.0. The molecule has 2 heterocycles.